The normalized spacial score (nSPS) is 13.8. The van der Waals surface area contributed by atoms with E-state index in [1.165, 1.54) is 18.8 Å². The van der Waals surface area contributed by atoms with Crippen molar-refractivity contribution in [3.05, 3.63) is 71.9 Å². The van der Waals surface area contributed by atoms with Crippen molar-refractivity contribution in [1.82, 2.24) is 47.5 Å². The molecule has 25 N–H and O–H groups in total. The summed E-state index contributed by atoms with van der Waals surface area (Å²) in [5, 5.41) is 21.6. The predicted octanol–water partition coefficient (Wildman–Crippen LogP) is -4.45. The summed E-state index contributed by atoms with van der Waals surface area (Å²) >= 11 is 1.39. The topological polar surface area (TPSA) is 516 Å². The van der Waals surface area contributed by atoms with Crippen LogP contribution in [0.4, 0.5) is 0 Å². The van der Waals surface area contributed by atoms with Gasteiger partial charge in [-0.25, -0.2) is 0 Å². The molecule has 83 heavy (non-hydrogen) atoms. The summed E-state index contributed by atoms with van der Waals surface area (Å²) < 4.78 is 0. The number of nitrogens with one attached hydrogen (secondary N) is 9. The molecule has 2 aromatic carbocycles. The molecule has 8 atom stereocenters. The first-order chi connectivity index (χ1) is 39.6. The smallest absolute Gasteiger partial charge is 0.243 e. The number of unbranched alkanes of at least 4 members (excludes halogenated alkanes) is 1. The number of nitrogens with two attached hydrogens (primary N) is 8. The first-order valence-corrected chi connectivity index (χ1v) is 28.5. The number of aromatic amines is 1. The SMILES string of the molecule is CNC(=O)[C@H](CCCCN)NC(=O)[C@H](CCSC)NC(=O)[C@H](CCCN=C(N)N)NC(=O)[C@H](CCCN=C(N)N)NC(=O)[C@H](CC(N)=O)NC(=O)[C@H](CCC(N)=O)NC(=O)[C@H](Cc1ccccc1)NC(=O)[C@@H](N)Cc1c[nH]c2ccccc12. The molecule has 0 unspecified atom stereocenters. The van der Waals surface area contributed by atoms with E-state index in [1.807, 2.05) is 24.3 Å². The number of fused-ring (bicyclic) bond motifs is 1. The quantitative estimate of drug-likeness (QED) is 0.0146. The lowest BCUT2D eigenvalue weighted by Crippen LogP contribution is -2.60. The van der Waals surface area contributed by atoms with Crippen LogP contribution in [0.5, 0.6) is 0 Å². The van der Waals surface area contributed by atoms with Gasteiger partial charge in [0.2, 0.25) is 59.1 Å². The molecule has 0 aliphatic carbocycles. The standard InChI is InChI=1S/C53H83N19O10S/c1-62-45(76)35(16-8-9-22-54)66-49(80)39(21-25-83-2)70-47(78)36(17-10-23-63-52(58)59)67-46(77)37(18-11-24-64-53(60)61)68-51(82)41(28-43(57)74)72-48(79)38(19-20-42(56)73)69-50(81)40(26-30-12-4-3-5-13-30)71-44(75)33(55)27-31-29-65-34-15-7-6-14-32(31)34/h3-7,12-15,29,33,35-41,65H,8-11,16-28,54-55H2,1-2H3,(H2,56,73)(H2,57,74)(H,62,76)(H,66,80)(H,67,77)(H,68,82)(H,69,81)(H,70,78)(H,71,75)(H,72,79)(H4,58,59,63)(H4,60,61,64)/t33-,35-,36-,37-,38-,39-,40-,41-/m0/s1. The second-order valence-electron chi connectivity index (χ2n) is 19.5. The Labute approximate surface area is 485 Å². The van der Waals surface area contributed by atoms with E-state index in [0.717, 1.165) is 16.5 Å². The van der Waals surface area contributed by atoms with E-state index in [-0.39, 0.29) is 76.4 Å². The van der Waals surface area contributed by atoms with Crippen molar-refractivity contribution >= 4 is 93.7 Å². The lowest BCUT2D eigenvalue weighted by Gasteiger charge is -2.28. The third-order valence-corrected chi connectivity index (χ3v) is 13.6. The van der Waals surface area contributed by atoms with E-state index in [4.69, 9.17) is 45.9 Å². The highest BCUT2D eigenvalue weighted by atomic mass is 32.2. The average Bonchev–Trinajstić information content (AvgIpc) is 4.01. The molecule has 1 aromatic heterocycles. The summed E-state index contributed by atoms with van der Waals surface area (Å²) in [5.41, 5.74) is 47.4. The molecule has 0 aliphatic heterocycles. The number of hydrogen-bond donors (Lipinski definition) is 17. The van der Waals surface area contributed by atoms with Crippen molar-refractivity contribution in [2.45, 2.75) is 132 Å². The first-order valence-electron chi connectivity index (χ1n) is 27.1. The van der Waals surface area contributed by atoms with Crippen LogP contribution in [-0.2, 0) is 60.8 Å². The third-order valence-electron chi connectivity index (χ3n) is 12.9. The van der Waals surface area contributed by atoms with Gasteiger partial charge in [0.1, 0.15) is 42.3 Å². The minimum Gasteiger partial charge on any atom is -0.370 e. The van der Waals surface area contributed by atoms with Gasteiger partial charge in [-0.05, 0) is 100.0 Å². The number of aliphatic imine (C=N–C) groups is 2. The monoisotopic (exact) mass is 1180 g/mol. The van der Waals surface area contributed by atoms with Crippen LogP contribution in [0.25, 0.3) is 10.9 Å². The summed E-state index contributed by atoms with van der Waals surface area (Å²) in [6.07, 6.45) is 3.19. The Morgan fingerprint density at radius 2 is 0.976 bits per heavy atom. The van der Waals surface area contributed by atoms with Crippen molar-refractivity contribution in [2.75, 3.05) is 38.7 Å². The average molecular weight is 1180 g/mol. The molecule has 0 saturated carbocycles. The first kappa shape index (κ1) is 68.8. The van der Waals surface area contributed by atoms with Crippen LogP contribution in [0, 0.1) is 0 Å². The van der Waals surface area contributed by atoms with Gasteiger partial charge in [0.25, 0.3) is 0 Å². The number of hydrogen-bond acceptors (Lipinski definition) is 15. The highest BCUT2D eigenvalue weighted by molar-refractivity contribution is 7.98. The molecule has 3 aromatic rings. The molecule has 3 rings (SSSR count). The van der Waals surface area contributed by atoms with Gasteiger partial charge >= 0.3 is 0 Å². The number of carbonyl (C=O) groups excluding carboxylic acids is 10. The molecule has 1 heterocycles. The van der Waals surface area contributed by atoms with E-state index < -0.39 is 127 Å². The predicted molar refractivity (Wildman–Crippen MR) is 316 cm³/mol. The zero-order chi connectivity index (χ0) is 61.4. The lowest BCUT2D eigenvalue weighted by atomic mass is 10.0. The summed E-state index contributed by atoms with van der Waals surface area (Å²) in [4.78, 5) is 148. The number of nitrogens with zero attached hydrogens (tertiary/aromatic N) is 2. The van der Waals surface area contributed by atoms with Crippen LogP contribution in [0.2, 0.25) is 0 Å². The number of aromatic nitrogens is 1. The van der Waals surface area contributed by atoms with Gasteiger partial charge in [-0.3, -0.25) is 57.9 Å². The molecule has 0 spiro atoms. The summed E-state index contributed by atoms with van der Waals surface area (Å²) in [7, 11) is 1.42. The van der Waals surface area contributed by atoms with Crippen LogP contribution in [0.1, 0.15) is 81.8 Å². The molecule has 0 fully saturated rings. The molecule has 0 saturated heterocycles. The number of likely N-dealkylation sites (N-methyl/N-ethyl adjacent to an activating group) is 1. The molecule has 0 radical (unpaired) electrons. The Kier molecular flexibility index (Phi) is 30.5. The van der Waals surface area contributed by atoms with Gasteiger partial charge in [0.05, 0.1) is 12.5 Å². The summed E-state index contributed by atoms with van der Waals surface area (Å²) in [6, 6.07) is 5.03. The lowest BCUT2D eigenvalue weighted by molar-refractivity contribution is -0.136. The van der Waals surface area contributed by atoms with E-state index in [0.29, 0.717) is 30.7 Å². The number of thioether (sulfide) groups is 1. The summed E-state index contributed by atoms with van der Waals surface area (Å²) in [5.74, 6) is -8.75. The van der Waals surface area contributed by atoms with Gasteiger partial charge in [0, 0.05) is 50.1 Å². The molecule has 456 valence electrons. The largest absolute Gasteiger partial charge is 0.370 e. The fraction of sp³-hybridized carbons (Fsp3) is 0.509. The van der Waals surface area contributed by atoms with Crippen LogP contribution in [0.15, 0.2) is 70.8 Å². The second-order valence-corrected chi connectivity index (χ2v) is 20.5. The van der Waals surface area contributed by atoms with Gasteiger partial charge < -0.3 is 93.4 Å². The van der Waals surface area contributed by atoms with Crippen LogP contribution >= 0.6 is 11.8 Å². The van der Waals surface area contributed by atoms with Crippen molar-refractivity contribution in [2.24, 2.45) is 55.9 Å². The molecule has 10 amide bonds. The zero-order valence-electron chi connectivity index (χ0n) is 46.9. The maximum atomic E-state index is 14.4. The minimum atomic E-state index is -1.83. The number of amides is 10. The fourth-order valence-electron chi connectivity index (χ4n) is 8.55. The van der Waals surface area contributed by atoms with E-state index >= 15 is 0 Å². The minimum absolute atomic E-state index is 0.0199. The van der Waals surface area contributed by atoms with Crippen molar-refractivity contribution in [3.63, 3.8) is 0 Å². The Morgan fingerprint density at radius 3 is 1.48 bits per heavy atom. The number of carbonyl (C=O) groups is 10. The van der Waals surface area contributed by atoms with Crippen LogP contribution in [-0.4, -0.2) is 163 Å². The van der Waals surface area contributed by atoms with Gasteiger partial charge in [-0.2, -0.15) is 11.8 Å². The zero-order valence-corrected chi connectivity index (χ0v) is 47.7. The molecule has 30 heteroatoms. The number of rotatable bonds is 39. The maximum absolute atomic E-state index is 14.4. The Bertz CT molecular complexity index is 2700. The van der Waals surface area contributed by atoms with E-state index in [2.05, 4.69) is 57.5 Å². The number of H-pyrrole nitrogens is 1. The molecular weight excluding hydrogens is 1090 g/mol. The molecule has 0 aliphatic rings. The highest BCUT2D eigenvalue weighted by Gasteiger charge is 2.35. The second kappa shape index (κ2) is 36.8. The van der Waals surface area contributed by atoms with Gasteiger partial charge in [-0.1, -0.05) is 48.5 Å². The van der Waals surface area contributed by atoms with Crippen molar-refractivity contribution in [3.8, 4) is 0 Å². The van der Waals surface area contributed by atoms with E-state index in [9.17, 15) is 47.9 Å². The maximum Gasteiger partial charge on any atom is 0.243 e. The highest BCUT2D eigenvalue weighted by Crippen LogP contribution is 2.19. The molecule has 0 bridgehead atoms. The van der Waals surface area contributed by atoms with E-state index in [1.54, 1.807) is 42.8 Å². The molecule has 29 nitrogen and oxygen atoms in total. The van der Waals surface area contributed by atoms with Crippen molar-refractivity contribution in [1.29, 1.82) is 0 Å². The number of primary amides is 2. The van der Waals surface area contributed by atoms with Crippen LogP contribution in [0.3, 0.4) is 0 Å². The Balaban J connectivity index is 1.94. The number of benzene rings is 2. The van der Waals surface area contributed by atoms with Gasteiger partial charge in [-0.15, -0.1) is 0 Å². The fourth-order valence-corrected chi connectivity index (χ4v) is 9.02. The molecular formula is C53H83N19O10S. The van der Waals surface area contributed by atoms with Crippen LogP contribution < -0.4 is 88.4 Å². The Hall–Kier alpha value is -8.51. The summed E-state index contributed by atoms with van der Waals surface area (Å²) in [6.45, 7) is 0.354. The Morgan fingerprint density at radius 1 is 0.518 bits per heavy atom. The van der Waals surface area contributed by atoms with Gasteiger partial charge in [0.15, 0.2) is 11.9 Å². The third kappa shape index (κ3) is 25.4. The number of guanidine groups is 2. The number of para-hydroxylation sites is 1. The van der Waals surface area contributed by atoms with Crippen molar-refractivity contribution < 1.29 is 47.9 Å².